The fourth-order valence-corrected chi connectivity index (χ4v) is 5.00. The summed E-state index contributed by atoms with van der Waals surface area (Å²) in [4.78, 5) is 36.4. The van der Waals surface area contributed by atoms with Crippen LogP contribution in [0.25, 0.3) is 22.0 Å². The average molecular weight is 544 g/mol. The number of aliphatic hydroxyl groups is 1. The molecule has 0 bridgehead atoms. The van der Waals surface area contributed by atoms with E-state index in [4.69, 9.17) is 25.5 Å². The van der Waals surface area contributed by atoms with Gasteiger partial charge < -0.3 is 24.0 Å². The van der Waals surface area contributed by atoms with Gasteiger partial charge in [0.2, 0.25) is 11.7 Å². The number of hydrogen-bond acceptors (Lipinski definition) is 7. The Balaban J connectivity index is 1.52. The van der Waals surface area contributed by atoms with Crippen LogP contribution in [0.5, 0.6) is 11.5 Å². The number of anilines is 1. The number of amides is 1. The number of nitrogens with one attached hydrogen (secondary N) is 1. The number of fused-ring (bicyclic) bond motifs is 2. The van der Waals surface area contributed by atoms with Crippen molar-refractivity contribution in [3.8, 4) is 11.5 Å². The highest BCUT2D eigenvalue weighted by molar-refractivity contribution is 6.31. The molecule has 1 atom stereocenters. The molecule has 0 aliphatic carbocycles. The number of imidazole rings is 1. The summed E-state index contributed by atoms with van der Waals surface area (Å²) in [5.74, 6) is -1.09. The first kappa shape index (κ1) is 24.6. The van der Waals surface area contributed by atoms with Gasteiger partial charge in [0.05, 0.1) is 36.4 Å². The van der Waals surface area contributed by atoms with Crippen LogP contribution in [0.4, 0.5) is 5.95 Å². The van der Waals surface area contributed by atoms with E-state index in [0.717, 1.165) is 0 Å². The van der Waals surface area contributed by atoms with Crippen molar-refractivity contribution in [3.63, 3.8) is 0 Å². The number of carbonyl (C=O) groups excluding carboxylic acids is 2. The van der Waals surface area contributed by atoms with Crippen molar-refractivity contribution < 1.29 is 28.6 Å². The third-order valence-electron chi connectivity index (χ3n) is 6.56. The molecule has 2 N–H and O–H groups in total. The summed E-state index contributed by atoms with van der Waals surface area (Å²) in [7, 11) is 1.52. The molecule has 9 nitrogen and oxygen atoms in total. The van der Waals surface area contributed by atoms with Crippen molar-refractivity contribution in [1.29, 1.82) is 0 Å². The Labute approximate surface area is 227 Å². The van der Waals surface area contributed by atoms with E-state index >= 15 is 0 Å². The lowest BCUT2D eigenvalue weighted by molar-refractivity contribution is -0.117. The Morgan fingerprint density at radius 3 is 2.72 bits per heavy atom. The van der Waals surface area contributed by atoms with Crippen LogP contribution in [-0.2, 0) is 4.79 Å². The molecule has 0 fully saturated rings. The third kappa shape index (κ3) is 4.07. The Morgan fingerprint density at radius 1 is 1.13 bits per heavy atom. The van der Waals surface area contributed by atoms with E-state index in [-0.39, 0.29) is 17.3 Å². The van der Waals surface area contributed by atoms with Crippen LogP contribution in [0.3, 0.4) is 0 Å². The normalized spacial score (nSPS) is 15.5. The number of aromatic amines is 1. The summed E-state index contributed by atoms with van der Waals surface area (Å²) in [6.45, 7) is 2.20. The van der Waals surface area contributed by atoms with E-state index < -0.39 is 23.5 Å². The molecule has 0 radical (unpaired) electrons. The van der Waals surface area contributed by atoms with Gasteiger partial charge in [0.25, 0.3) is 5.91 Å². The van der Waals surface area contributed by atoms with Gasteiger partial charge in [-0.2, -0.15) is 0 Å². The number of nitrogens with zero attached hydrogens (tertiary/aromatic N) is 2. The first-order valence-corrected chi connectivity index (χ1v) is 12.5. The molecule has 1 unspecified atom stereocenters. The predicted molar refractivity (Wildman–Crippen MR) is 146 cm³/mol. The molecular weight excluding hydrogens is 522 g/mol. The minimum Gasteiger partial charge on any atom is -0.503 e. The van der Waals surface area contributed by atoms with Crippen molar-refractivity contribution in [2.75, 3.05) is 18.6 Å². The number of rotatable bonds is 7. The van der Waals surface area contributed by atoms with E-state index in [9.17, 15) is 14.7 Å². The van der Waals surface area contributed by atoms with Crippen LogP contribution in [0.1, 0.15) is 29.1 Å². The standard InChI is InChI=1S/C29H22ClN3O6/c1-3-38-22-13-15(8-10-21(22)37-2)25-24(26(34)23-14-16-12-17(30)9-11-20(16)39-23)27(35)28(36)33(25)29-31-18-6-4-5-7-19(18)32-29/h4-14,25,35H,3H2,1-2H3,(H,31,32). The van der Waals surface area contributed by atoms with Gasteiger partial charge in [0.15, 0.2) is 23.0 Å². The number of Topliss-reactive ketones (excluding diaryl/α,β-unsaturated/α-hetero) is 1. The Morgan fingerprint density at radius 2 is 1.95 bits per heavy atom. The van der Waals surface area contributed by atoms with Crippen LogP contribution < -0.4 is 14.4 Å². The molecule has 3 aromatic carbocycles. The SMILES string of the molecule is CCOc1cc(C2C(C(=O)c3cc4cc(Cl)ccc4o3)=C(O)C(=O)N2c2nc3ccccc3[nH]2)ccc1OC. The topological polar surface area (TPSA) is 118 Å². The molecule has 6 rings (SSSR count). The largest absolute Gasteiger partial charge is 0.503 e. The number of methoxy groups -OCH3 is 1. The molecule has 39 heavy (non-hydrogen) atoms. The Kier molecular flexibility index (Phi) is 6.00. The van der Waals surface area contributed by atoms with E-state index in [2.05, 4.69) is 9.97 Å². The summed E-state index contributed by atoms with van der Waals surface area (Å²) in [6, 6.07) is 17.8. The summed E-state index contributed by atoms with van der Waals surface area (Å²) in [5.41, 5.74) is 2.10. The summed E-state index contributed by atoms with van der Waals surface area (Å²) >= 11 is 6.11. The molecule has 2 aromatic heterocycles. The van der Waals surface area contributed by atoms with Gasteiger partial charge in [0.1, 0.15) is 5.58 Å². The minimum atomic E-state index is -1.05. The average Bonchev–Trinajstić information content (AvgIpc) is 3.62. The quantitative estimate of drug-likeness (QED) is 0.236. The maximum absolute atomic E-state index is 13.9. The maximum atomic E-state index is 13.9. The highest BCUT2D eigenvalue weighted by atomic mass is 35.5. The van der Waals surface area contributed by atoms with Gasteiger partial charge in [-0.25, -0.2) is 4.98 Å². The molecule has 1 aliphatic heterocycles. The predicted octanol–water partition coefficient (Wildman–Crippen LogP) is 6.15. The highest BCUT2D eigenvalue weighted by Crippen LogP contribution is 2.44. The number of aromatic nitrogens is 2. The smallest absolute Gasteiger partial charge is 0.296 e. The lowest BCUT2D eigenvalue weighted by Crippen LogP contribution is -2.32. The molecule has 1 amide bonds. The number of hydrogen-bond donors (Lipinski definition) is 2. The summed E-state index contributed by atoms with van der Waals surface area (Å²) in [5, 5.41) is 12.2. The van der Waals surface area contributed by atoms with Gasteiger partial charge in [-0.3, -0.25) is 14.5 Å². The molecule has 1 aliphatic rings. The number of halogens is 1. The van der Waals surface area contributed by atoms with Crippen LogP contribution in [0.15, 0.2) is 82.5 Å². The van der Waals surface area contributed by atoms with Gasteiger partial charge in [-0.1, -0.05) is 29.8 Å². The fraction of sp³-hybridized carbons (Fsp3) is 0.138. The number of ketones is 1. The van der Waals surface area contributed by atoms with E-state index in [0.29, 0.717) is 50.7 Å². The van der Waals surface area contributed by atoms with E-state index in [1.807, 2.05) is 25.1 Å². The van der Waals surface area contributed by atoms with Gasteiger partial charge in [0, 0.05) is 10.4 Å². The second kappa shape index (κ2) is 9.52. The molecule has 0 saturated heterocycles. The minimum absolute atomic E-state index is 0.0448. The zero-order valence-corrected chi connectivity index (χ0v) is 21.7. The number of aliphatic hydroxyl groups excluding tert-OH is 1. The lowest BCUT2D eigenvalue weighted by atomic mass is 9.94. The fourth-order valence-electron chi connectivity index (χ4n) is 4.82. The number of para-hydroxylation sites is 2. The molecule has 0 spiro atoms. The van der Waals surface area contributed by atoms with Crippen LogP contribution >= 0.6 is 11.6 Å². The van der Waals surface area contributed by atoms with E-state index in [1.165, 1.54) is 18.1 Å². The molecule has 0 saturated carbocycles. The van der Waals surface area contributed by atoms with Crippen LogP contribution in [0, 0.1) is 0 Å². The third-order valence-corrected chi connectivity index (χ3v) is 6.80. The molecular formula is C29H22ClN3O6. The zero-order chi connectivity index (χ0) is 27.3. The monoisotopic (exact) mass is 543 g/mol. The highest BCUT2D eigenvalue weighted by Gasteiger charge is 2.47. The van der Waals surface area contributed by atoms with Crippen molar-refractivity contribution >= 4 is 51.2 Å². The van der Waals surface area contributed by atoms with Crippen molar-refractivity contribution in [1.82, 2.24) is 9.97 Å². The number of furan rings is 1. The van der Waals surface area contributed by atoms with Crippen molar-refractivity contribution in [2.45, 2.75) is 13.0 Å². The number of ether oxygens (including phenoxy) is 2. The first-order valence-electron chi connectivity index (χ1n) is 12.2. The summed E-state index contributed by atoms with van der Waals surface area (Å²) in [6.07, 6.45) is 0. The van der Waals surface area contributed by atoms with Gasteiger partial charge in [-0.05, 0) is 61.0 Å². The zero-order valence-electron chi connectivity index (χ0n) is 20.9. The van der Waals surface area contributed by atoms with E-state index in [1.54, 1.807) is 42.5 Å². The van der Waals surface area contributed by atoms with Crippen LogP contribution in [0.2, 0.25) is 5.02 Å². The maximum Gasteiger partial charge on any atom is 0.296 e. The first-order chi connectivity index (χ1) is 18.9. The molecule has 5 aromatic rings. The number of H-pyrrole nitrogens is 1. The number of benzene rings is 3. The van der Waals surface area contributed by atoms with Gasteiger partial charge >= 0.3 is 0 Å². The van der Waals surface area contributed by atoms with Gasteiger partial charge in [-0.15, -0.1) is 0 Å². The Hall–Kier alpha value is -4.76. The van der Waals surface area contributed by atoms with Crippen LogP contribution in [-0.4, -0.2) is 40.5 Å². The van der Waals surface area contributed by atoms with Crippen molar-refractivity contribution in [3.05, 3.63) is 94.4 Å². The number of carbonyl (C=O) groups is 2. The molecule has 3 heterocycles. The summed E-state index contributed by atoms with van der Waals surface area (Å²) < 4.78 is 17.0. The second-order valence-electron chi connectivity index (χ2n) is 8.88. The molecule has 196 valence electrons. The second-order valence-corrected chi connectivity index (χ2v) is 9.32. The lowest BCUT2D eigenvalue weighted by Gasteiger charge is -2.25. The molecule has 10 heteroatoms. The van der Waals surface area contributed by atoms with Crippen molar-refractivity contribution in [2.24, 2.45) is 0 Å². The Bertz CT molecular complexity index is 1770.